The van der Waals surface area contributed by atoms with Crippen LogP contribution < -0.4 is 0 Å². The highest BCUT2D eigenvalue weighted by Crippen LogP contribution is 2.32. The van der Waals surface area contributed by atoms with Crippen molar-refractivity contribution in [3.63, 3.8) is 0 Å². The molecule has 0 heterocycles. The summed E-state index contributed by atoms with van der Waals surface area (Å²) in [6, 6.07) is 3.46. The monoisotopic (exact) mass is 390 g/mol. The predicted octanol–water partition coefficient (Wildman–Crippen LogP) is 5.67. The van der Waals surface area contributed by atoms with E-state index in [2.05, 4.69) is 45.7 Å². The van der Waals surface area contributed by atoms with Crippen LogP contribution in [-0.4, -0.2) is 11.1 Å². The average molecular weight is 392 g/mol. The molecule has 0 aliphatic carbocycles. The van der Waals surface area contributed by atoms with E-state index in [9.17, 15) is 9.90 Å². The number of carboxylic acid groups (broad SMARTS) is 1. The van der Waals surface area contributed by atoms with Gasteiger partial charge in [-0.1, -0.05) is 39.5 Å². The van der Waals surface area contributed by atoms with E-state index in [-0.39, 0.29) is 0 Å². The Bertz CT molecular complexity index is 444. The highest BCUT2D eigenvalue weighted by molar-refractivity contribution is 9.13. The zero-order valence-corrected chi connectivity index (χ0v) is 14.6. The minimum Gasteiger partial charge on any atom is -0.478 e. The van der Waals surface area contributed by atoms with Crippen LogP contribution in [0.5, 0.6) is 0 Å². The van der Waals surface area contributed by atoms with Crippen LogP contribution in [0.4, 0.5) is 0 Å². The summed E-state index contributed by atoms with van der Waals surface area (Å²) in [6.45, 7) is 4.36. The molecule has 106 valence electrons. The molecule has 1 atom stereocenters. The molecule has 1 rings (SSSR count). The van der Waals surface area contributed by atoms with Gasteiger partial charge in [-0.3, -0.25) is 0 Å². The van der Waals surface area contributed by atoms with Gasteiger partial charge in [0.25, 0.3) is 0 Å². The van der Waals surface area contributed by atoms with Crippen LogP contribution in [0, 0.1) is 5.92 Å². The van der Waals surface area contributed by atoms with Gasteiger partial charge < -0.3 is 5.11 Å². The summed E-state index contributed by atoms with van der Waals surface area (Å²) in [4.78, 5) is 11.3. The van der Waals surface area contributed by atoms with Crippen molar-refractivity contribution >= 4 is 37.8 Å². The third-order valence-electron chi connectivity index (χ3n) is 3.46. The molecule has 0 aliphatic heterocycles. The number of halogens is 2. The lowest BCUT2D eigenvalue weighted by molar-refractivity contribution is 0.0695. The first-order chi connectivity index (χ1) is 9.01. The van der Waals surface area contributed by atoms with Gasteiger partial charge in [-0.05, 0) is 61.9 Å². The van der Waals surface area contributed by atoms with Crippen LogP contribution in [0.2, 0.25) is 0 Å². The fourth-order valence-corrected chi connectivity index (χ4v) is 3.10. The largest absolute Gasteiger partial charge is 0.478 e. The number of rotatable bonds is 7. The van der Waals surface area contributed by atoms with E-state index >= 15 is 0 Å². The van der Waals surface area contributed by atoms with Crippen molar-refractivity contribution in [2.75, 3.05) is 0 Å². The standard InChI is InChI=1S/C15H20Br2O2/c1-3-5-6-10(4-2)9-12-11(15(18)19)7-8-13(16)14(12)17/h7-8,10H,3-6,9H2,1-2H3,(H,18,19). The molecule has 0 saturated heterocycles. The lowest BCUT2D eigenvalue weighted by Crippen LogP contribution is -2.10. The Labute approximate surface area is 131 Å². The van der Waals surface area contributed by atoms with Crippen LogP contribution in [0.1, 0.15) is 55.5 Å². The highest BCUT2D eigenvalue weighted by atomic mass is 79.9. The lowest BCUT2D eigenvalue weighted by Gasteiger charge is -2.18. The number of carbonyl (C=O) groups is 1. The quantitative estimate of drug-likeness (QED) is 0.650. The Morgan fingerprint density at radius 1 is 1.32 bits per heavy atom. The minimum absolute atomic E-state index is 0.407. The number of benzene rings is 1. The second kappa shape index (κ2) is 8.05. The van der Waals surface area contributed by atoms with Gasteiger partial charge in [-0.2, -0.15) is 0 Å². The van der Waals surface area contributed by atoms with Crippen LogP contribution >= 0.6 is 31.9 Å². The maximum atomic E-state index is 11.3. The summed E-state index contributed by atoms with van der Waals surface area (Å²) in [5.41, 5.74) is 1.31. The fraction of sp³-hybridized carbons (Fsp3) is 0.533. The molecular formula is C15H20Br2O2. The van der Waals surface area contributed by atoms with Crippen molar-refractivity contribution in [2.45, 2.75) is 46.0 Å². The highest BCUT2D eigenvalue weighted by Gasteiger charge is 2.18. The molecule has 1 N–H and O–H groups in total. The Morgan fingerprint density at radius 3 is 2.53 bits per heavy atom. The van der Waals surface area contributed by atoms with Gasteiger partial charge >= 0.3 is 5.97 Å². The fourth-order valence-electron chi connectivity index (χ4n) is 2.22. The molecule has 4 heteroatoms. The Kier molecular flexibility index (Phi) is 7.08. The average Bonchev–Trinajstić information content (AvgIpc) is 2.38. The molecule has 1 aromatic carbocycles. The van der Waals surface area contributed by atoms with Gasteiger partial charge in [-0.15, -0.1) is 0 Å². The molecule has 0 bridgehead atoms. The van der Waals surface area contributed by atoms with Gasteiger partial charge in [0.1, 0.15) is 0 Å². The topological polar surface area (TPSA) is 37.3 Å². The molecule has 0 aliphatic rings. The van der Waals surface area contributed by atoms with E-state index < -0.39 is 5.97 Å². The van der Waals surface area contributed by atoms with Gasteiger partial charge in [0, 0.05) is 8.95 Å². The van der Waals surface area contributed by atoms with Crippen molar-refractivity contribution in [3.8, 4) is 0 Å². The third-order valence-corrected chi connectivity index (χ3v) is 5.56. The molecular weight excluding hydrogens is 372 g/mol. The zero-order chi connectivity index (χ0) is 14.4. The van der Waals surface area contributed by atoms with E-state index in [0.717, 1.165) is 33.8 Å². The molecule has 1 unspecified atom stereocenters. The van der Waals surface area contributed by atoms with Crippen molar-refractivity contribution in [1.82, 2.24) is 0 Å². The van der Waals surface area contributed by atoms with E-state index in [0.29, 0.717) is 11.5 Å². The number of hydrogen-bond donors (Lipinski definition) is 1. The number of carboxylic acids is 1. The second-order valence-corrected chi connectivity index (χ2v) is 6.46. The van der Waals surface area contributed by atoms with Gasteiger partial charge in [0.05, 0.1) is 5.56 Å². The Morgan fingerprint density at radius 2 is 2.00 bits per heavy atom. The summed E-state index contributed by atoms with van der Waals surface area (Å²) in [7, 11) is 0. The molecule has 19 heavy (non-hydrogen) atoms. The van der Waals surface area contributed by atoms with E-state index in [1.807, 2.05) is 0 Å². The maximum Gasteiger partial charge on any atom is 0.336 e. The van der Waals surface area contributed by atoms with Crippen molar-refractivity contribution < 1.29 is 9.90 Å². The zero-order valence-electron chi connectivity index (χ0n) is 11.4. The second-order valence-electron chi connectivity index (χ2n) is 4.81. The number of aromatic carboxylic acids is 1. The van der Waals surface area contributed by atoms with Crippen molar-refractivity contribution in [1.29, 1.82) is 0 Å². The molecule has 0 amide bonds. The molecule has 1 aromatic rings. The Hall–Kier alpha value is -0.350. The van der Waals surface area contributed by atoms with Crippen molar-refractivity contribution in [3.05, 3.63) is 32.2 Å². The van der Waals surface area contributed by atoms with E-state index in [4.69, 9.17) is 0 Å². The summed E-state index contributed by atoms with van der Waals surface area (Å²) in [6.07, 6.45) is 5.44. The normalized spacial score (nSPS) is 12.4. The van der Waals surface area contributed by atoms with Crippen LogP contribution in [0.15, 0.2) is 21.1 Å². The molecule has 0 aromatic heterocycles. The first-order valence-electron chi connectivity index (χ1n) is 6.71. The number of unbranched alkanes of at least 4 members (excludes halogenated alkanes) is 1. The summed E-state index contributed by atoms with van der Waals surface area (Å²) < 4.78 is 1.79. The van der Waals surface area contributed by atoms with E-state index in [1.165, 1.54) is 12.8 Å². The predicted molar refractivity (Wildman–Crippen MR) is 85.8 cm³/mol. The summed E-state index contributed by atoms with van der Waals surface area (Å²) >= 11 is 6.97. The number of hydrogen-bond acceptors (Lipinski definition) is 1. The maximum absolute atomic E-state index is 11.3. The van der Waals surface area contributed by atoms with Gasteiger partial charge in [-0.25, -0.2) is 4.79 Å². The molecule has 0 radical (unpaired) electrons. The third kappa shape index (κ3) is 4.60. The molecule has 0 spiro atoms. The SMILES string of the molecule is CCCCC(CC)Cc1c(C(=O)O)ccc(Br)c1Br. The Balaban J connectivity index is 3.03. The smallest absolute Gasteiger partial charge is 0.336 e. The van der Waals surface area contributed by atoms with Crippen LogP contribution in [0.25, 0.3) is 0 Å². The lowest BCUT2D eigenvalue weighted by atomic mass is 9.90. The summed E-state index contributed by atoms with van der Waals surface area (Å²) in [5.74, 6) is -0.308. The first-order valence-corrected chi connectivity index (χ1v) is 8.29. The van der Waals surface area contributed by atoms with Crippen LogP contribution in [-0.2, 0) is 6.42 Å². The molecule has 0 saturated carbocycles. The molecule has 2 nitrogen and oxygen atoms in total. The van der Waals surface area contributed by atoms with Crippen molar-refractivity contribution in [2.24, 2.45) is 5.92 Å². The van der Waals surface area contributed by atoms with Gasteiger partial charge in [0.2, 0.25) is 0 Å². The van der Waals surface area contributed by atoms with Crippen LogP contribution in [0.3, 0.4) is 0 Å². The minimum atomic E-state index is -0.853. The summed E-state index contributed by atoms with van der Waals surface area (Å²) in [5, 5.41) is 9.31. The van der Waals surface area contributed by atoms with E-state index in [1.54, 1.807) is 12.1 Å². The molecule has 0 fully saturated rings. The first kappa shape index (κ1) is 16.7. The van der Waals surface area contributed by atoms with Gasteiger partial charge in [0.15, 0.2) is 0 Å².